The maximum atomic E-state index is 11.6. The first-order valence-corrected chi connectivity index (χ1v) is 8.43. The van der Waals surface area contributed by atoms with Gasteiger partial charge in [0.05, 0.1) is 12.7 Å². The van der Waals surface area contributed by atoms with Crippen molar-refractivity contribution in [3.05, 3.63) is 59.2 Å². The smallest absolute Gasteiger partial charge is 0.335 e. The average Bonchev–Trinajstić information content (AvgIpc) is 2.66. The van der Waals surface area contributed by atoms with Crippen LogP contribution in [-0.2, 0) is 17.9 Å². The number of aromatic carboxylic acids is 1. The highest BCUT2D eigenvalue weighted by atomic mass is 16.5. The van der Waals surface area contributed by atoms with Crippen molar-refractivity contribution in [1.82, 2.24) is 10.2 Å². The Morgan fingerprint density at radius 1 is 1.00 bits per heavy atom. The number of carbonyl (C=O) groups excluding carboxylic acids is 1. The van der Waals surface area contributed by atoms with E-state index in [4.69, 9.17) is 14.6 Å². The zero-order chi connectivity index (χ0) is 19.8. The molecule has 7 heteroatoms. The maximum absolute atomic E-state index is 11.6. The SMILES string of the molecule is COc1cc(CNCc2ccc(C(=O)O)cc2)ccc1OCC(=O)N(C)C. The molecule has 0 spiro atoms. The summed E-state index contributed by atoms with van der Waals surface area (Å²) in [6.07, 6.45) is 0. The maximum Gasteiger partial charge on any atom is 0.335 e. The summed E-state index contributed by atoms with van der Waals surface area (Å²) in [5.74, 6) is 0.0142. The van der Waals surface area contributed by atoms with Crippen molar-refractivity contribution in [2.24, 2.45) is 0 Å². The Hall–Kier alpha value is -3.06. The monoisotopic (exact) mass is 372 g/mol. The molecule has 0 bridgehead atoms. The van der Waals surface area contributed by atoms with Gasteiger partial charge in [-0.2, -0.15) is 0 Å². The molecule has 0 heterocycles. The summed E-state index contributed by atoms with van der Waals surface area (Å²) in [7, 11) is 4.90. The largest absolute Gasteiger partial charge is 0.493 e. The van der Waals surface area contributed by atoms with E-state index in [2.05, 4.69) is 5.32 Å². The normalized spacial score (nSPS) is 10.3. The van der Waals surface area contributed by atoms with E-state index in [9.17, 15) is 9.59 Å². The third kappa shape index (κ3) is 6.00. The van der Waals surface area contributed by atoms with E-state index >= 15 is 0 Å². The molecule has 2 rings (SSSR count). The van der Waals surface area contributed by atoms with Gasteiger partial charge in [-0.05, 0) is 35.4 Å². The summed E-state index contributed by atoms with van der Waals surface area (Å²) in [6.45, 7) is 1.17. The van der Waals surface area contributed by atoms with Gasteiger partial charge in [-0.25, -0.2) is 4.79 Å². The number of carboxylic acid groups (broad SMARTS) is 1. The van der Waals surface area contributed by atoms with Gasteiger partial charge in [-0.1, -0.05) is 18.2 Å². The van der Waals surface area contributed by atoms with Gasteiger partial charge < -0.3 is 24.8 Å². The van der Waals surface area contributed by atoms with Gasteiger partial charge in [0.1, 0.15) is 0 Å². The number of carboxylic acids is 1. The Bertz CT molecular complexity index is 787. The lowest BCUT2D eigenvalue weighted by atomic mass is 10.1. The molecular weight excluding hydrogens is 348 g/mol. The summed E-state index contributed by atoms with van der Waals surface area (Å²) in [6, 6.07) is 12.3. The number of hydrogen-bond acceptors (Lipinski definition) is 5. The van der Waals surface area contributed by atoms with Crippen molar-refractivity contribution in [3.63, 3.8) is 0 Å². The molecule has 0 saturated heterocycles. The molecule has 2 aromatic carbocycles. The van der Waals surface area contributed by atoms with E-state index in [0.29, 0.717) is 24.6 Å². The number of amides is 1. The third-order valence-corrected chi connectivity index (χ3v) is 3.94. The Kier molecular flexibility index (Phi) is 7.19. The molecule has 144 valence electrons. The van der Waals surface area contributed by atoms with Crippen LogP contribution < -0.4 is 14.8 Å². The third-order valence-electron chi connectivity index (χ3n) is 3.94. The minimum Gasteiger partial charge on any atom is -0.493 e. The van der Waals surface area contributed by atoms with E-state index in [1.807, 2.05) is 12.1 Å². The number of nitrogens with zero attached hydrogens (tertiary/aromatic N) is 1. The quantitative estimate of drug-likeness (QED) is 0.701. The van der Waals surface area contributed by atoms with Gasteiger partial charge >= 0.3 is 5.97 Å². The number of nitrogens with one attached hydrogen (secondary N) is 1. The molecule has 0 aromatic heterocycles. The molecule has 2 aromatic rings. The fraction of sp³-hybridized carbons (Fsp3) is 0.300. The minimum atomic E-state index is -0.934. The second kappa shape index (κ2) is 9.59. The highest BCUT2D eigenvalue weighted by molar-refractivity contribution is 5.87. The molecular formula is C20H24N2O5. The van der Waals surface area contributed by atoms with Gasteiger partial charge in [-0.3, -0.25) is 4.79 Å². The molecule has 0 fully saturated rings. The summed E-state index contributed by atoms with van der Waals surface area (Å²) in [5, 5.41) is 12.2. The number of benzene rings is 2. The fourth-order valence-corrected chi connectivity index (χ4v) is 2.33. The number of carbonyl (C=O) groups is 2. The molecule has 0 radical (unpaired) electrons. The Balaban J connectivity index is 1.91. The van der Waals surface area contributed by atoms with Crippen LogP contribution >= 0.6 is 0 Å². The van der Waals surface area contributed by atoms with Crippen LogP contribution in [0.25, 0.3) is 0 Å². The molecule has 27 heavy (non-hydrogen) atoms. The van der Waals surface area contributed by atoms with Crippen LogP contribution in [0.5, 0.6) is 11.5 Å². The van der Waals surface area contributed by atoms with Crippen molar-refractivity contribution in [2.45, 2.75) is 13.1 Å². The highest BCUT2D eigenvalue weighted by Crippen LogP contribution is 2.28. The number of ether oxygens (including phenoxy) is 2. The van der Waals surface area contributed by atoms with Crippen LogP contribution in [0, 0.1) is 0 Å². The van der Waals surface area contributed by atoms with E-state index in [1.165, 1.54) is 4.90 Å². The average molecular weight is 372 g/mol. The van der Waals surface area contributed by atoms with Crippen molar-refractivity contribution in [2.75, 3.05) is 27.8 Å². The van der Waals surface area contributed by atoms with Gasteiger partial charge in [0.15, 0.2) is 18.1 Å². The van der Waals surface area contributed by atoms with Crippen LogP contribution in [0.2, 0.25) is 0 Å². The van der Waals surface area contributed by atoms with Crippen LogP contribution in [0.4, 0.5) is 0 Å². The lowest BCUT2D eigenvalue weighted by Crippen LogP contribution is -2.27. The van der Waals surface area contributed by atoms with Crippen molar-refractivity contribution in [1.29, 1.82) is 0 Å². The standard InChI is InChI=1S/C20H24N2O5/c1-22(2)19(23)13-27-17-9-6-15(10-18(17)26-3)12-21-11-14-4-7-16(8-5-14)20(24)25/h4-10,21H,11-13H2,1-3H3,(H,24,25). The van der Waals surface area contributed by atoms with Crippen LogP contribution in [-0.4, -0.2) is 49.7 Å². The molecule has 1 amide bonds. The van der Waals surface area contributed by atoms with Gasteiger partial charge in [0, 0.05) is 27.2 Å². The van der Waals surface area contributed by atoms with Crippen molar-refractivity contribution in [3.8, 4) is 11.5 Å². The number of hydrogen-bond donors (Lipinski definition) is 2. The second-order valence-electron chi connectivity index (χ2n) is 6.17. The first-order chi connectivity index (χ1) is 12.9. The summed E-state index contributed by atoms with van der Waals surface area (Å²) in [4.78, 5) is 24.0. The van der Waals surface area contributed by atoms with Gasteiger partial charge in [-0.15, -0.1) is 0 Å². The predicted octanol–water partition coefficient (Wildman–Crippen LogP) is 2.15. The molecule has 0 saturated carbocycles. The summed E-state index contributed by atoms with van der Waals surface area (Å²) in [5.41, 5.74) is 2.27. The van der Waals surface area contributed by atoms with E-state index < -0.39 is 5.97 Å². The molecule has 0 aliphatic rings. The van der Waals surface area contributed by atoms with Crippen LogP contribution in [0.1, 0.15) is 21.5 Å². The van der Waals surface area contributed by atoms with Crippen LogP contribution in [0.3, 0.4) is 0 Å². The molecule has 0 unspecified atom stereocenters. The topological polar surface area (TPSA) is 88.1 Å². The Morgan fingerprint density at radius 3 is 2.22 bits per heavy atom. The van der Waals surface area contributed by atoms with Gasteiger partial charge in [0.2, 0.25) is 0 Å². The van der Waals surface area contributed by atoms with Crippen LogP contribution in [0.15, 0.2) is 42.5 Å². The Labute approximate surface area is 158 Å². The lowest BCUT2D eigenvalue weighted by Gasteiger charge is -2.14. The van der Waals surface area contributed by atoms with Crippen molar-refractivity contribution < 1.29 is 24.2 Å². The Morgan fingerprint density at radius 2 is 1.63 bits per heavy atom. The van der Waals surface area contributed by atoms with Crippen molar-refractivity contribution >= 4 is 11.9 Å². The minimum absolute atomic E-state index is 0.0483. The number of methoxy groups -OCH3 is 1. The predicted molar refractivity (Wildman–Crippen MR) is 101 cm³/mol. The van der Waals surface area contributed by atoms with E-state index in [-0.39, 0.29) is 18.1 Å². The zero-order valence-corrected chi connectivity index (χ0v) is 15.7. The first-order valence-electron chi connectivity index (χ1n) is 8.43. The second-order valence-corrected chi connectivity index (χ2v) is 6.17. The molecule has 0 aliphatic heterocycles. The zero-order valence-electron chi connectivity index (χ0n) is 15.7. The molecule has 0 aliphatic carbocycles. The highest BCUT2D eigenvalue weighted by Gasteiger charge is 2.10. The van der Waals surface area contributed by atoms with E-state index in [1.54, 1.807) is 51.5 Å². The molecule has 2 N–H and O–H groups in total. The number of likely N-dealkylation sites (N-methyl/N-ethyl adjacent to an activating group) is 1. The molecule has 7 nitrogen and oxygen atoms in total. The van der Waals surface area contributed by atoms with E-state index in [0.717, 1.165) is 11.1 Å². The first kappa shape index (κ1) is 20.3. The summed E-state index contributed by atoms with van der Waals surface area (Å²) >= 11 is 0. The lowest BCUT2D eigenvalue weighted by molar-refractivity contribution is -0.130. The van der Waals surface area contributed by atoms with Gasteiger partial charge in [0.25, 0.3) is 5.91 Å². The molecule has 0 atom stereocenters. The summed E-state index contributed by atoms with van der Waals surface area (Å²) < 4.78 is 10.9. The fourth-order valence-electron chi connectivity index (χ4n) is 2.33. The number of rotatable bonds is 9.